The topological polar surface area (TPSA) is 96.1 Å². The number of anilines is 1. The molecule has 2 aliphatic heterocycles. The largest absolute Gasteiger partial charge is 0.484 e. The van der Waals surface area contributed by atoms with Crippen LogP contribution in [0.25, 0.3) is 0 Å². The molecule has 156 valence electrons. The van der Waals surface area contributed by atoms with Crippen molar-refractivity contribution in [2.75, 3.05) is 24.6 Å². The highest BCUT2D eigenvalue weighted by molar-refractivity contribution is 5.69. The summed E-state index contributed by atoms with van der Waals surface area (Å²) in [5.74, 6) is -0.548. The molecule has 1 aromatic carbocycles. The summed E-state index contributed by atoms with van der Waals surface area (Å²) in [4.78, 5) is 12.7. The van der Waals surface area contributed by atoms with Crippen LogP contribution >= 0.6 is 0 Å². The summed E-state index contributed by atoms with van der Waals surface area (Å²) in [5, 5.41) is 30.9. The van der Waals surface area contributed by atoms with Gasteiger partial charge in [-0.2, -0.15) is 13.2 Å². The van der Waals surface area contributed by atoms with Crippen LogP contribution in [0.4, 0.5) is 24.5 Å². The Hall–Kier alpha value is -2.07. The number of ether oxygens (including phenoxy) is 1. The van der Waals surface area contributed by atoms with Gasteiger partial charge in [-0.15, -0.1) is 0 Å². The maximum atomic E-state index is 13.1. The number of halogens is 3. The van der Waals surface area contributed by atoms with E-state index in [1.165, 1.54) is 12.1 Å². The Kier molecular flexibility index (Phi) is 4.99. The third kappa shape index (κ3) is 3.50. The summed E-state index contributed by atoms with van der Waals surface area (Å²) in [7, 11) is 0. The number of rotatable bonds is 4. The molecule has 2 aliphatic rings. The van der Waals surface area contributed by atoms with E-state index in [-0.39, 0.29) is 43.9 Å². The zero-order valence-electron chi connectivity index (χ0n) is 15.6. The molecule has 1 aromatic rings. The molecule has 0 amide bonds. The summed E-state index contributed by atoms with van der Waals surface area (Å²) >= 11 is 0. The fourth-order valence-corrected chi connectivity index (χ4v) is 3.94. The van der Waals surface area contributed by atoms with Gasteiger partial charge in [0.25, 0.3) is 5.69 Å². The van der Waals surface area contributed by atoms with Gasteiger partial charge in [0.2, 0.25) is 0 Å². The minimum absolute atomic E-state index is 0.0515. The van der Waals surface area contributed by atoms with Crippen LogP contribution in [0, 0.1) is 16.0 Å². The molecule has 3 rings (SSSR count). The summed E-state index contributed by atoms with van der Waals surface area (Å²) in [5.41, 5.74) is -2.91. The molecule has 0 aromatic heterocycles. The average molecular weight is 404 g/mol. The standard InChI is InChI=1S/C18H23F3N2O5/c1-16(10-24)9-11-7-14(23(26)27)13(8-15(11)28-16)22-5-3-12(4-6-22)17(2,25)18(19,20)21/h7-8,12,24-25H,3-6,9-10H2,1-2H3. The minimum atomic E-state index is -4.73. The van der Waals surface area contributed by atoms with Crippen LogP contribution in [-0.2, 0) is 6.42 Å². The lowest BCUT2D eigenvalue weighted by atomic mass is 9.81. The second kappa shape index (κ2) is 6.77. The number of benzene rings is 1. The Morgan fingerprint density at radius 1 is 1.36 bits per heavy atom. The Morgan fingerprint density at radius 3 is 2.46 bits per heavy atom. The van der Waals surface area contributed by atoms with Gasteiger partial charge in [0.05, 0.1) is 11.5 Å². The fourth-order valence-electron chi connectivity index (χ4n) is 3.94. The number of nitro benzene ring substituents is 1. The Balaban J connectivity index is 1.84. The molecule has 1 fully saturated rings. The molecule has 2 N–H and O–H groups in total. The van der Waals surface area contributed by atoms with Crippen LogP contribution < -0.4 is 9.64 Å². The predicted octanol–water partition coefficient (Wildman–Crippen LogP) is 2.81. The molecule has 28 heavy (non-hydrogen) atoms. The van der Waals surface area contributed by atoms with E-state index in [2.05, 4.69) is 0 Å². The number of hydrogen-bond donors (Lipinski definition) is 2. The first-order chi connectivity index (χ1) is 12.9. The SMILES string of the molecule is CC1(CO)Cc2cc([N+](=O)[O-])c(N3CCC(C(C)(O)C(F)(F)F)CC3)cc2O1. The lowest BCUT2D eigenvalue weighted by Crippen LogP contribution is -2.52. The fraction of sp³-hybridized carbons (Fsp3) is 0.667. The van der Waals surface area contributed by atoms with Gasteiger partial charge in [-0.25, -0.2) is 0 Å². The van der Waals surface area contributed by atoms with E-state index in [0.717, 1.165) is 6.92 Å². The van der Waals surface area contributed by atoms with E-state index < -0.39 is 28.2 Å². The maximum absolute atomic E-state index is 13.1. The van der Waals surface area contributed by atoms with Crippen molar-refractivity contribution in [3.8, 4) is 5.75 Å². The van der Waals surface area contributed by atoms with Crippen molar-refractivity contribution in [3.05, 3.63) is 27.8 Å². The van der Waals surface area contributed by atoms with Gasteiger partial charge in [-0.1, -0.05) is 0 Å². The normalized spacial score (nSPS) is 25.2. The van der Waals surface area contributed by atoms with Crippen molar-refractivity contribution >= 4 is 11.4 Å². The van der Waals surface area contributed by atoms with Gasteiger partial charge >= 0.3 is 6.18 Å². The Morgan fingerprint density at radius 2 is 1.96 bits per heavy atom. The van der Waals surface area contributed by atoms with E-state index in [1.807, 2.05) is 0 Å². The van der Waals surface area contributed by atoms with E-state index >= 15 is 0 Å². The third-order valence-electron chi connectivity index (χ3n) is 5.81. The van der Waals surface area contributed by atoms with Gasteiger partial charge < -0.3 is 19.8 Å². The van der Waals surface area contributed by atoms with Crippen molar-refractivity contribution in [2.24, 2.45) is 5.92 Å². The predicted molar refractivity (Wildman–Crippen MR) is 94.5 cm³/mol. The first-order valence-electron chi connectivity index (χ1n) is 9.03. The molecule has 2 atom stereocenters. The highest BCUT2D eigenvalue weighted by Gasteiger charge is 2.55. The lowest BCUT2D eigenvalue weighted by Gasteiger charge is -2.40. The summed E-state index contributed by atoms with van der Waals surface area (Å²) in [6.07, 6.45) is -4.30. The van der Waals surface area contributed by atoms with Gasteiger partial charge in [-0.05, 0) is 32.6 Å². The van der Waals surface area contributed by atoms with Crippen LogP contribution in [0.1, 0.15) is 32.3 Å². The first-order valence-corrected chi connectivity index (χ1v) is 9.03. The summed E-state index contributed by atoms with van der Waals surface area (Å²) in [6, 6.07) is 2.93. The van der Waals surface area contributed by atoms with E-state index in [4.69, 9.17) is 4.74 Å². The molecule has 10 heteroatoms. The summed E-state index contributed by atoms with van der Waals surface area (Å²) < 4.78 is 45.0. The molecule has 2 heterocycles. The number of fused-ring (bicyclic) bond motifs is 1. The Labute approximate surface area is 159 Å². The third-order valence-corrected chi connectivity index (χ3v) is 5.81. The molecule has 2 unspecified atom stereocenters. The second-order valence-electron chi connectivity index (χ2n) is 8.00. The highest BCUT2D eigenvalue weighted by atomic mass is 19.4. The van der Waals surface area contributed by atoms with E-state index in [9.17, 15) is 33.5 Å². The quantitative estimate of drug-likeness (QED) is 0.592. The van der Waals surface area contributed by atoms with Crippen molar-refractivity contribution in [3.63, 3.8) is 0 Å². The van der Waals surface area contributed by atoms with E-state index in [0.29, 0.717) is 17.7 Å². The zero-order chi connectivity index (χ0) is 20.9. The number of aliphatic hydroxyl groups excluding tert-OH is 1. The average Bonchev–Trinajstić information content (AvgIpc) is 2.95. The number of nitrogens with zero attached hydrogens (tertiary/aromatic N) is 2. The lowest BCUT2D eigenvalue weighted by molar-refractivity contribution is -0.384. The van der Waals surface area contributed by atoms with Crippen molar-refractivity contribution in [1.29, 1.82) is 0 Å². The van der Waals surface area contributed by atoms with Crippen LogP contribution in [0.5, 0.6) is 5.75 Å². The minimum Gasteiger partial charge on any atom is -0.484 e. The number of aliphatic hydroxyl groups is 2. The summed E-state index contributed by atoms with van der Waals surface area (Å²) in [6.45, 7) is 2.52. The monoisotopic (exact) mass is 404 g/mol. The molecule has 1 saturated heterocycles. The van der Waals surface area contributed by atoms with Crippen molar-refractivity contribution in [2.45, 2.75) is 50.5 Å². The molecule has 0 saturated carbocycles. The number of nitro groups is 1. The zero-order valence-corrected chi connectivity index (χ0v) is 15.6. The van der Waals surface area contributed by atoms with Crippen LogP contribution in [-0.4, -0.2) is 52.2 Å². The molecular formula is C18H23F3N2O5. The number of piperidine rings is 1. The van der Waals surface area contributed by atoms with Crippen molar-refractivity contribution < 1.29 is 33.0 Å². The van der Waals surface area contributed by atoms with Crippen LogP contribution in [0.2, 0.25) is 0 Å². The molecule has 0 spiro atoms. The molecule has 0 aliphatic carbocycles. The molecular weight excluding hydrogens is 381 g/mol. The van der Waals surface area contributed by atoms with Gasteiger partial charge in [0.1, 0.15) is 17.0 Å². The molecule has 0 radical (unpaired) electrons. The molecule has 0 bridgehead atoms. The first kappa shape index (κ1) is 20.7. The highest BCUT2D eigenvalue weighted by Crippen LogP contribution is 2.45. The molecule has 7 nitrogen and oxygen atoms in total. The second-order valence-corrected chi connectivity index (χ2v) is 8.00. The van der Waals surface area contributed by atoms with Crippen molar-refractivity contribution in [1.82, 2.24) is 0 Å². The van der Waals surface area contributed by atoms with Crippen LogP contribution in [0.3, 0.4) is 0 Å². The van der Waals surface area contributed by atoms with Gasteiger partial charge in [-0.3, -0.25) is 10.1 Å². The maximum Gasteiger partial charge on any atom is 0.417 e. The smallest absolute Gasteiger partial charge is 0.417 e. The van der Waals surface area contributed by atoms with Gasteiger partial charge in [0.15, 0.2) is 5.60 Å². The van der Waals surface area contributed by atoms with E-state index in [1.54, 1.807) is 11.8 Å². The number of alkyl halides is 3. The van der Waals surface area contributed by atoms with Gasteiger partial charge in [0, 0.05) is 37.2 Å². The van der Waals surface area contributed by atoms with Crippen LogP contribution in [0.15, 0.2) is 12.1 Å². The Bertz CT molecular complexity index is 775. The number of hydrogen-bond acceptors (Lipinski definition) is 6.